The summed E-state index contributed by atoms with van der Waals surface area (Å²) in [6, 6.07) is 10.6. The monoisotopic (exact) mass is 440 g/mol. The van der Waals surface area contributed by atoms with Gasteiger partial charge in [0.1, 0.15) is 6.54 Å². The van der Waals surface area contributed by atoms with Crippen LogP contribution in [0.5, 0.6) is 0 Å². The molecule has 1 spiro atoms. The van der Waals surface area contributed by atoms with Crippen molar-refractivity contribution in [3.63, 3.8) is 0 Å². The summed E-state index contributed by atoms with van der Waals surface area (Å²) >= 11 is 0. The van der Waals surface area contributed by atoms with Crippen molar-refractivity contribution >= 4 is 12.4 Å². The van der Waals surface area contributed by atoms with Gasteiger partial charge in [-0.05, 0) is 43.9 Å². The maximum Gasteiger partial charge on any atom is 0.290 e. The Hall–Kier alpha value is -2.71. The van der Waals surface area contributed by atoms with Gasteiger partial charge in [-0.25, -0.2) is 0 Å². The molecule has 1 aromatic heterocycles. The lowest BCUT2D eigenvalue weighted by Gasteiger charge is -2.29. The van der Waals surface area contributed by atoms with Crippen LogP contribution in [0.1, 0.15) is 29.7 Å². The van der Waals surface area contributed by atoms with E-state index in [4.69, 9.17) is 14.6 Å². The van der Waals surface area contributed by atoms with Gasteiger partial charge < -0.3 is 15.2 Å². The van der Waals surface area contributed by atoms with Crippen molar-refractivity contribution in [2.24, 2.45) is 11.8 Å². The molecule has 0 saturated carbocycles. The SMILES string of the molecule is Cc1ccn(CC(=O)NC[C@H]2[C@H]3CN(Cc4ccccc4C)C[C@]34CC[C@H]2O4)n1.O=CO. The Bertz CT molecular complexity index is 961. The Morgan fingerprint density at radius 3 is 2.84 bits per heavy atom. The Balaban J connectivity index is 0.000000775. The highest BCUT2D eigenvalue weighted by Gasteiger charge is 2.62. The molecule has 1 amide bonds. The van der Waals surface area contributed by atoms with E-state index in [-0.39, 0.29) is 24.5 Å². The van der Waals surface area contributed by atoms with Crippen LogP contribution >= 0.6 is 0 Å². The van der Waals surface area contributed by atoms with Gasteiger partial charge in [-0.3, -0.25) is 19.2 Å². The number of amides is 1. The Kier molecular flexibility index (Phi) is 6.62. The summed E-state index contributed by atoms with van der Waals surface area (Å²) in [5.41, 5.74) is 3.69. The number of nitrogens with zero attached hydrogens (tertiary/aromatic N) is 3. The number of carboxylic acid groups (broad SMARTS) is 1. The maximum absolute atomic E-state index is 12.4. The molecule has 5 rings (SSSR count). The Morgan fingerprint density at radius 1 is 1.34 bits per heavy atom. The maximum atomic E-state index is 12.4. The van der Waals surface area contributed by atoms with Crippen molar-refractivity contribution in [1.82, 2.24) is 20.0 Å². The van der Waals surface area contributed by atoms with Gasteiger partial charge in [-0.15, -0.1) is 0 Å². The van der Waals surface area contributed by atoms with E-state index in [1.165, 1.54) is 11.1 Å². The lowest BCUT2D eigenvalue weighted by Crippen LogP contribution is -2.42. The normalized spacial score (nSPS) is 28.1. The molecule has 2 aromatic rings. The molecule has 32 heavy (non-hydrogen) atoms. The van der Waals surface area contributed by atoms with Crippen LogP contribution in [-0.2, 0) is 27.4 Å². The van der Waals surface area contributed by atoms with Gasteiger partial charge in [0, 0.05) is 44.2 Å². The van der Waals surface area contributed by atoms with Crippen LogP contribution in [0.3, 0.4) is 0 Å². The van der Waals surface area contributed by atoms with E-state index in [1.54, 1.807) is 4.68 Å². The van der Waals surface area contributed by atoms with E-state index in [9.17, 15) is 4.79 Å². The predicted molar refractivity (Wildman–Crippen MR) is 119 cm³/mol. The number of aromatic nitrogens is 2. The minimum absolute atomic E-state index is 0.00183. The molecule has 172 valence electrons. The zero-order valence-corrected chi connectivity index (χ0v) is 18.7. The number of aryl methyl sites for hydroxylation is 2. The fraction of sp³-hybridized carbons (Fsp3) is 0.542. The van der Waals surface area contributed by atoms with Crippen LogP contribution < -0.4 is 5.32 Å². The quantitative estimate of drug-likeness (QED) is 0.667. The molecule has 0 unspecified atom stereocenters. The Morgan fingerprint density at radius 2 is 2.12 bits per heavy atom. The van der Waals surface area contributed by atoms with E-state index in [1.807, 2.05) is 19.2 Å². The Labute approximate surface area is 188 Å². The summed E-state index contributed by atoms with van der Waals surface area (Å²) < 4.78 is 8.24. The van der Waals surface area contributed by atoms with Crippen LogP contribution in [0.2, 0.25) is 0 Å². The number of benzene rings is 1. The molecular weight excluding hydrogens is 408 g/mol. The van der Waals surface area contributed by atoms with Gasteiger partial charge in [0.15, 0.2) is 0 Å². The summed E-state index contributed by atoms with van der Waals surface area (Å²) in [6.07, 6.45) is 4.43. The van der Waals surface area contributed by atoms with Crippen molar-refractivity contribution in [2.75, 3.05) is 19.6 Å². The summed E-state index contributed by atoms with van der Waals surface area (Å²) in [5, 5.41) is 14.3. The first kappa shape index (κ1) is 22.5. The van der Waals surface area contributed by atoms with Gasteiger partial charge in [-0.1, -0.05) is 24.3 Å². The number of hydrogen-bond acceptors (Lipinski definition) is 5. The van der Waals surface area contributed by atoms with Crippen LogP contribution in [0, 0.1) is 25.7 Å². The predicted octanol–water partition coefficient (Wildman–Crippen LogP) is 2.00. The van der Waals surface area contributed by atoms with Crippen LogP contribution in [0.15, 0.2) is 36.5 Å². The highest BCUT2D eigenvalue weighted by Crippen LogP contribution is 2.54. The first-order chi connectivity index (χ1) is 15.4. The largest absolute Gasteiger partial charge is 0.483 e. The van der Waals surface area contributed by atoms with Crippen molar-refractivity contribution < 1.29 is 19.4 Å². The number of fused-ring (bicyclic) bond motifs is 1. The second-order valence-corrected chi connectivity index (χ2v) is 9.19. The van der Waals surface area contributed by atoms with Crippen molar-refractivity contribution in [3.8, 4) is 0 Å². The van der Waals surface area contributed by atoms with Crippen molar-refractivity contribution in [3.05, 3.63) is 53.3 Å². The third-order valence-electron chi connectivity index (χ3n) is 7.12. The summed E-state index contributed by atoms with van der Waals surface area (Å²) in [7, 11) is 0. The minimum atomic E-state index is -0.250. The lowest BCUT2D eigenvalue weighted by atomic mass is 9.73. The second-order valence-electron chi connectivity index (χ2n) is 9.19. The number of ether oxygens (including phenoxy) is 1. The average molecular weight is 441 g/mol. The van der Waals surface area contributed by atoms with E-state index in [0.717, 1.165) is 38.2 Å². The van der Waals surface area contributed by atoms with Crippen LogP contribution in [0.25, 0.3) is 0 Å². The smallest absolute Gasteiger partial charge is 0.290 e. The zero-order valence-electron chi connectivity index (χ0n) is 18.7. The molecule has 8 heteroatoms. The minimum Gasteiger partial charge on any atom is -0.483 e. The molecule has 3 fully saturated rings. The fourth-order valence-corrected chi connectivity index (χ4v) is 5.69. The average Bonchev–Trinajstić information content (AvgIpc) is 3.49. The third-order valence-corrected chi connectivity index (χ3v) is 7.12. The van der Waals surface area contributed by atoms with Crippen LogP contribution in [-0.4, -0.2) is 63.5 Å². The van der Waals surface area contributed by atoms with Crippen molar-refractivity contribution in [2.45, 2.75) is 51.5 Å². The summed E-state index contributed by atoms with van der Waals surface area (Å²) in [5.74, 6) is 0.950. The van der Waals surface area contributed by atoms with E-state index in [2.05, 4.69) is 46.5 Å². The van der Waals surface area contributed by atoms with Crippen molar-refractivity contribution in [1.29, 1.82) is 0 Å². The highest BCUT2D eigenvalue weighted by molar-refractivity contribution is 5.75. The molecule has 0 aliphatic carbocycles. The van der Waals surface area contributed by atoms with E-state index < -0.39 is 0 Å². The molecule has 2 bridgehead atoms. The summed E-state index contributed by atoms with van der Waals surface area (Å²) in [4.78, 5) is 23.3. The van der Waals surface area contributed by atoms with Gasteiger partial charge in [0.05, 0.1) is 17.4 Å². The van der Waals surface area contributed by atoms with Gasteiger partial charge in [0.2, 0.25) is 5.91 Å². The molecule has 1 aromatic carbocycles. The molecule has 3 aliphatic heterocycles. The molecule has 4 heterocycles. The molecule has 3 saturated heterocycles. The van der Waals surface area contributed by atoms with Gasteiger partial charge in [-0.2, -0.15) is 5.10 Å². The molecule has 4 atom stereocenters. The van der Waals surface area contributed by atoms with Crippen LogP contribution in [0.4, 0.5) is 0 Å². The molecule has 2 N–H and O–H groups in total. The van der Waals surface area contributed by atoms with E-state index in [0.29, 0.717) is 24.5 Å². The first-order valence-electron chi connectivity index (χ1n) is 11.2. The van der Waals surface area contributed by atoms with E-state index >= 15 is 0 Å². The zero-order chi connectivity index (χ0) is 22.7. The third kappa shape index (κ3) is 4.56. The summed E-state index contributed by atoms with van der Waals surface area (Å²) in [6.45, 7) is 7.91. The number of hydrogen-bond donors (Lipinski definition) is 2. The lowest BCUT2D eigenvalue weighted by molar-refractivity contribution is -0.123. The topological polar surface area (TPSA) is 96.7 Å². The highest BCUT2D eigenvalue weighted by atomic mass is 16.5. The van der Waals surface area contributed by atoms with Gasteiger partial charge >= 0.3 is 0 Å². The fourth-order valence-electron chi connectivity index (χ4n) is 5.69. The molecular formula is C24H32N4O4. The molecule has 3 aliphatic rings. The number of carbonyl (C=O) groups is 2. The first-order valence-corrected chi connectivity index (χ1v) is 11.2. The number of nitrogens with one attached hydrogen (secondary N) is 1. The number of carbonyl (C=O) groups excluding carboxylic acids is 1. The standard InChI is InChI=1S/C23H30N4O2.CH2O2/c1-16-5-3-4-6-18(16)12-26-13-20-19(21-7-9-23(20,15-26)29-21)11-24-22(28)14-27-10-8-17(2)25-27;2-1-3/h3-6,8,10,19-21H,7,9,11-15H2,1-2H3,(H,24,28);1H,(H,2,3)/t19-,20+,21+,23+;/m0./s1. The molecule has 8 nitrogen and oxygen atoms in total. The van der Waals surface area contributed by atoms with Gasteiger partial charge in [0.25, 0.3) is 6.47 Å². The second kappa shape index (κ2) is 9.42. The number of likely N-dealkylation sites (tertiary alicyclic amines) is 1. The number of rotatable bonds is 6. The molecule has 0 radical (unpaired) electrons.